The molecule has 1 aromatic rings. The van der Waals surface area contributed by atoms with Crippen LogP contribution >= 0.6 is 15.9 Å². The fourth-order valence-corrected chi connectivity index (χ4v) is 1.35. The predicted octanol–water partition coefficient (Wildman–Crippen LogP) is 2.69. The van der Waals surface area contributed by atoms with Gasteiger partial charge in [-0.1, -0.05) is 22.0 Å². The summed E-state index contributed by atoms with van der Waals surface area (Å²) in [6.07, 6.45) is 0.676. The van der Waals surface area contributed by atoms with Gasteiger partial charge in [0.2, 0.25) is 0 Å². The summed E-state index contributed by atoms with van der Waals surface area (Å²) in [5.41, 5.74) is 0. The number of halogens is 1. The first-order valence-corrected chi connectivity index (χ1v) is 5.08. The minimum Gasteiger partial charge on any atom is -0.494 e. The quantitative estimate of drug-likeness (QED) is 0.827. The predicted molar refractivity (Wildman–Crippen MR) is 56.5 cm³/mol. The molecule has 4 heteroatoms. The molecule has 0 heterocycles. The summed E-state index contributed by atoms with van der Waals surface area (Å²) in [4.78, 5) is 10.2. The zero-order chi connectivity index (χ0) is 10.4. The summed E-state index contributed by atoms with van der Waals surface area (Å²) < 4.78 is 6.30. The Labute approximate surface area is 90.8 Å². The van der Waals surface area contributed by atoms with Gasteiger partial charge >= 0.3 is 5.97 Å². The van der Waals surface area contributed by atoms with E-state index in [0.717, 1.165) is 10.2 Å². The zero-order valence-electron chi connectivity index (χ0n) is 7.57. The molecule has 0 saturated heterocycles. The van der Waals surface area contributed by atoms with Crippen molar-refractivity contribution in [1.29, 1.82) is 0 Å². The van der Waals surface area contributed by atoms with E-state index in [-0.39, 0.29) is 6.42 Å². The molecule has 0 aliphatic carbocycles. The van der Waals surface area contributed by atoms with Crippen LogP contribution in [0.15, 0.2) is 28.7 Å². The number of rotatable bonds is 5. The standard InChI is InChI=1S/C10H11BrO3/c11-8-3-1-4-9(7-8)14-6-2-5-10(12)13/h1,3-4,7H,2,5-6H2,(H,12,13). The molecule has 0 saturated carbocycles. The maximum Gasteiger partial charge on any atom is 0.303 e. The van der Waals surface area contributed by atoms with Crippen molar-refractivity contribution in [2.75, 3.05) is 6.61 Å². The summed E-state index contributed by atoms with van der Waals surface area (Å²) >= 11 is 3.32. The number of hydrogen-bond donors (Lipinski definition) is 1. The molecule has 0 aliphatic heterocycles. The lowest BCUT2D eigenvalue weighted by Crippen LogP contribution is -2.01. The van der Waals surface area contributed by atoms with Gasteiger partial charge in [0, 0.05) is 10.9 Å². The molecule has 1 aromatic carbocycles. The van der Waals surface area contributed by atoms with Crippen molar-refractivity contribution in [3.8, 4) is 5.75 Å². The highest BCUT2D eigenvalue weighted by atomic mass is 79.9. The first-order chi connectivity index (χ1) is 6.68. The Morgan fingerprint density at radius 1 is 1.50 bits per heavy atom. The molecule has 14 heavy (non-hydrogen) atoms. The fourth-order valence-electron chi connectivity index (χ4n) is 0.970. The van der Waals surface area contributed by atoms with Crippen molar-refractivity contribution >= 4 is 21.9 Å². The number of benzene rings is 1. The first-order valence-electron chi connectivity index (χ1n) is 4.28. The van der Waals surface area contributed by atoms with Crippen molar-refractivity contribution in [2.24, 2.45) is 0 Å². The SMILES string of the molecule is O=C(O)CCCOc1cccc(Br)c1. The second-order valence-corrected chi connectivity index (χ2v) is 3.72. The number of carboxylic acids is 1. The Morgan fingerprint density at radius 3 is 2.93 bits per heavy atom. The van der Waals surface area contributed by atoms with Gasteiger partial charge in [-0.25, -0.2) is 0 Å². The van der Waals surface area contributed by atoms with Gasteiger partial charge in [0.15, 0.2) is 0 Å². The molecule has 0 bridgehead atoms. The molecule has 0 aliphatic rings. The van der Waals surface area contributed by atoms with Gasteiger partial charge in [0.25, 0.3) is 0 Å². The monoisotopic (exact) mass is 258 g/mol. The Bertz CT molecular complexity index is 312. The molecule has 76 valence electrons. The van der Waals surface area contributed by atoms with Crippen LogP contribution in [0.4, 0.5) is 0 Å². The van der Waals surface area contributed by atoms with Crippen LogP contribution in [0.25, 0.3) is 0 Å². The number of carboxylic acid groups (broad SMARTS) is 1. The highest BCUT2D eigenvalue weighted by Gasteiger charge is 1.98. The third kappa shape index (κ3) is 4.28. The average Bonchev–Trinajstić information content (AvgIpc) is 2.12. The third-order valence-corrected chi connectivity index (χ3v) is 2.09. The summed E-state index contributed by atoms with van der Waals surface area (Å²) in [6, 6.07) is 7.47. The van der Waals surface area contributed by atoms with Crippen molar-refractivity contribution in [1.82, 2.24) is 0 Å². The summed E-state index contributed by atoms with van der Waals surface area (Å²) in [5.74, 6) is -0.0346. The van der Waals surface area contributed by atoms with Crippen LogP contribution in [-0.2, 0) is 4.79 Å². The van der Waals surface area contributed by atoms with Crippen molar-refractivity contribution in [2.45, 2.75) is 12.8 Å². The zero-order valence-corrected chi connectivity index (χ0v) is 9.16. The van der Waals surface area contributed by atoms with E-state index in [1.165, 1.54) is 0 Å². The molecule has 0 aromatic heterocycles. The molecule has 0 fully saturated rings. The van der Waals surface area contributed by atoms with Gasteiger partial charge in [-0.05, 0) is 24.6 Å². The van der Waals surface area contributed by atoms with E-state index in [1.807, 2.05) is 24.3 Å². The fraction of sp³-hybridized carbons (Fsp3) is 0.300. The Balaban J connectivity index is 2.28. The number of carbonyl (C=O) groups is 1. The van der Waals surface area contributed by atoms with Gasteiger partial charge in [-0.15, -0.1) is 0 Å². The lowest BCUT2D eigenvalue weighted by Gasteiger charge is -2.04. The van der Waals surface area contributed by atoms with Crippen molar-refractivity contribution in [3.63, 3.8) is 0 Å². The normalized spacial score (nSPS) is 9.79. The van der Waals surface area contributed by atoms with E-state index in [0.29, 0.717) is 13.0 Å². The lowest BCUT2D eigenvalue weighted by atomic mass is 10.3. The van der Waals surface area contributed by atoms with Gasteiger partial charge in [-0.3, -0.25) is 4.79 Å². The van der Waals surface area contributed by atoms with Crippen LogP contribution in [-0.4, -0.2) is 17.7 Å². The molecular weight excluding hydrogens is 248 g/mol. The van der Waals surface area contributed by atoms with Crippen molar-refractivity contribution in [3.05, 3.63) is 28.7 Å². The van der Waals surface area contributed by atoms with Crippen LogP contribution in [0.1, 0.15) is 12.8 Å². The van der Waals surface area contributed by atoms with E-state index < -0.39 is 5.97 Å². The second-order valence-electron chi connectivity index (χ2n) is 2.80. The van der Waals surface area contributed by atoms with E-state index in [2.05, 4.69) is 15.9 Å². The maximum absolute atomic E-state index is 10.2. The van der Waals surface area contributed by atoms with Gasteiger partial charge in [0.05, 0.1) is 6.61 Å². The molecule has 1 N–H and O–H groups in total. The van der Waals surface area contributed by atoms with Crippen LogP contribution in [0, 0.1) is 0 Å². The van der Waals surface area contributed by atoms with Gasteiger partial charge < -0.3 is 9.84 Å². The van der Waals surface area contributed by atoms with Crippen LogP contribution in [0.5, 0.6) is 5.75 Å². The lowest BCUT2D eigenvalue weighted by molar-refractivity contribution is -0.137. The highest BCUT2D eigenvalue weighted by Crippen LogP contribution is 2.17. The summed E-state index contributed by atoms with van der Waals surface area (Å²) in [7, 11) is 0. The average molecular weight is 259 g/mol. The largest absolute Gasteiger partial charge is 0.494 e. The Morgan fingerprint density at radius 2 is 2.29 bits per heavy atom. The molecule has 0 atom stereocenters. The summed E-state index contributed by atoms with van der Waals surface area (Å²) in [6.45, 7) is 0.433. The second kappa shape index (κ2) is 5.65. The topological polar surface area (TPSA) is 46.5 Å². The maximum atomic E-state index is 10.2. The third-order valence-electron chi connectivity index (χ3n) is 1.60. The van der Waals surface area contributed by atoms with Crippen LogP contribution in [0.2, 0.25) is 0 Å². The van der Waals surface area contributed by atoms with E-state index in [1.54, 1.807) is 0 Å². The van der Waals surface area contributed by atoms with Crippen LogP contribution < -0.4 is 4.74 Å². The van der Waals surface area contributed by atoms with Crippen molar-refractivity contribution < 1.29 is 14.6 Å². The molecule has 0 unspecified atom stereocenters. The molecule has 0 spiro atoms. The van der Waals surface area contributed by atoms with Crippen LogP contribution in [0.3, 0.4) is 0 Å². The summed E-state index contributed by atoms with van der Waals surface area (Å²) in [5, 5.41) is 8.39. The van der Waals surface area contributed by atoms with Gasteiger partial charge in [-0.2, -0.15) is 0 Å². The molecule has 3 nitrogen and oxygen atoms in total. The molecule has 1 rings (SSSR count). The van der Waals surface area contributed by atoms with E-state index >= 15 is 0 Å². The van der Waals surface area contributed by atoms with E-state index in [4.69, 9.17) is 9.84 Å². The smallest absolute Gasteiger partial charge is 0.303 e. The number of hydrogen-bond acceptors (Lipinski definition) is 2. The highest BCUT2D eigenvalue weighted by molar-refractivity contribution is 9.10. The number of ether oxygens (including phenoxy) is 1. The molecule has 0 amide bonds. The molecule has 0 radical (unpaired) electrons. The Hall–Kier alpha value is -1.03. The molecular formula is C10H11BrO3. The number of aliphatic carboxylic acids is 1. The Kier molecular flexibility index (Phi) is 4.46. The minimum absolute atomic E-state index is 0.147. The van der Waals surface area contributed by atoms with Gasteiger partial charge in [0.1, 0.15) is 5.75 Å². The van der Waals surface area contributed by atoms with E-state index in [9.17, 15) is 4.79 Å². The first kappa shape index (κ1) is 11.0. The minimum atomic E-state index is -0.789.